The Morgan fingerprint density at radius 1 is 1.14 bits per heavy atom. The second kappa shape index (κ2) is 6.30. The summed E-state index contributed by atoms with van der Waals surface area (Å²) in [5.41, 5.74) is 0.0590. The highest BCUT2D eigenvalue weighted by Crippen LogP contribution is 2.16. The zero-order valence-corrected chi connectivity index (χ0v) is 12.9. The Morgan fingerprint density at radius 2 is 1.81 bits per heavy atom. The van der Waals surface area contributed by atoms with Gasteiger partial charge in [0.1, 0.15) is 5.69 Å². The van der Waals surface area contributed by atoms with Gasteiger partial charge in [-0.15, -0.1) is 0 Å². The molecule has 1 amide bonds. The van der Waals surface area contributed by atoms with Crippen molar-refractivity contribution < 1.29 is 9.59 Å². The van der Waals surface area contributed by atoms with Crippen LogP contribution in [-0.2, 0) is 4.79 Å². The van der Waals surface area contributed by atoms with E-state index in [-0.39, 0.29) is 17.1 Å². The van der Waals surface area contributed by atoms with E-state index in [0.29, 0.717) is 38.4 Å². The van der Waals surface area contributed by atoms with Crippen LogP contribution in [0.4, 0.5) is 0 Å². The summed E-state index contributed by atoms with van der Waals surface area (Å²) in [5.74, 6) is 0.140. The van der Waals surface area contributed by atoms with Crippen LogP contribution in [0.1, 0.15) is 31.3 Å². The summed E-state index contributed by atoms with van der Waals surface area (Å²) in [5, 5.41) is 0. The van der Waals surface area contributed by atoms with E-state index in [9.17, 15) is 9.59 Å². The molecule has 0 aliphatic carbocycles. The van der Waals surface area contributed by atoms with Gasteiger partial charge in [-0.1, -0.05) is 20.8 Å². The van der Waals surface area contributed by atoms with Gasteiger partial charge in [0.25, 0.3) is 5.91 Å². The lowest BCUT2D eigenvalue weighted by molar-refractivity contribution is -0.127. The third-order valence-corrected chi connectivity index (χ3v) is 3.65. The third-order valence-electron chi connectivity index (χ3n) is 3.65. The van der Waals surface area contributed by atoms with Crippen LogP contribution < -0.4 is 0 Å². The van der Waals surface area contributed by atoms with E-state index in [4.69, 9.17) is 0 Å². The van der Waals surface area contributed by atoms with E-state index in [1.807, 2.05) is 20.8 Å². The SMILES string of the molecule is CC(C)(C)C(=O)CN1CCN(C(=O)c2cnccn2)CC1. The number of carbonyl (C=O) groups is 2. The molecule has 0 atom stereocenters. The fourth-order valence-electron chi connectivity index (χ4n) is 2.12. The lowest BCUT2D eigenvalue weighted by Gasteiger charge is -2.35. The highest BCUT2D eigenvalue weighted by molar-refractivity contribution is 5.92. The number of amides is 1. The Bertz CT molecular complexity index is 502. The molecule has 1 aromatic heterocycles. The first-order chi connectivity index (χ1) is 9.88. The highest BCUT2D eigenvalue weighted by atomic mass is 16.2. The molecule has 0 aromatic carbocycles. The first-order valence-electron chi connectivity index (χ1n) is 7.19. The van der Waals surface area contributed by atoms with Gasteiger partial charge in [0.05, 0.1) is 12.7 Å². The molecule has 1 aliphatic rings. The van der Waals surface area contributed by atoms with Gasteiger partial charge in [0, 0.05) is 44.0 Å². The summed E-state index contributed by atoms with van der Waals surface area (Å²) in [4.78, 5) is 36.1. The predicted molar refractivity (Wildman–Crippen MR) is 78.8 cm³/mol. The maximum atomic E-state index is 12.2. The van der Waals surface area contributed by atoms with E-state index in [2.05, 4.69) is 14.9 Å². The summed E-state index contributed by atoms with van der Waals surface area (Å²) in [7, 11) is 0. The summed E-state index contributed by atoms with van der Waals surface area (Å²) in [6.07, 6.45) is 4.55. The van der Waals surface area contributed by atoms with Gasteiger partial charge in [0.15, 0.2) is 5.78 Å². The Morgan fingerprint density at radius 3 is 2.33 bits per heavy atom. The van der Waals surface area contributed by atoms with Gasteiger partial charge < -0.3 is 4.90 Å². The minimum Gasteiger partial charge on any atom is -0.335 e. The fraction of sp³-hybridized carbons (Fsp3) is 0.600. The second-order valence-corrected chi connectivity index (χ2v) is 6.33. The molecule has 2 heterocycles. The number of carbonyl (C=O) groups excluding carboxylic acids is 2. The van der Waals surface area contributed by atoms with Crippen molar-refractivity contribution in [2.24, 2.45) is 5.41 Å². The van der Waals surface area contributed by atoms with E-state index in [0.717, 1.165) is 0 Å². The lowest BCUT2D eigenvalue weighted by atomic mass is 9.90. The normalized spacial score (nSPS) is 16.8. The molecule has 114 valence electrons. The molecule has 1 aliphatic heterocycles. The van der Waals surface area contributed by atoms with Crippen LogP contribution in [0.3, 0.4) is 0 Å². The Hall–Kier alpha value is -1.82. The quantitative estimate of drug-likeness (QED) is 0.825. The molecule has 0 saturated carbocycles. The van der Waals surface area contributed by atoms with Crippen LogP contribution in [0, 0.1) is 5.41 Å². The molecule has 1 saturated heterocycles. The van der Waals surface area contributed by atoms with Crippen molar-refractivity contribution in [2.75, 3.05) is 32.7 Å². The summed E-state index contributed by atoms with van der Waals surface area (Å²) in [6.45, 7) is 8.92. The zero-order chi connectivity index (χ0) is 15.5. The number of rotatable bonds is 3. The van der Waals surface area contributed by atoms with E-state index < -0.39 is 0 Å². The molecular weight excluding hydrogens is 268 g/mol. The minimum absolute atomic E-state index is 0.0927. The molecule has 2 rings (SSSR count). The van der Waals surface area contributed by atoms with Crippen LogP contribution in [0.2, 0.25) is 0 Å². The monoisotopic (exact) mass is 290 g/mol. The molecule has 1 fully saturated rings. The Balaban J connectivity index is 1.86. The van der Waals surface area contributed by atoms with Crippen molar-refractivity contribution >= 4 is 11.7 Å². The van der Waals surface area contributed by atoms with E-state index in [1.54, 1.807) is 11.1 Å². The number of ketones is 1. The number of Topliss-reactive ketones (excluding diaryl/α,β-unsaturated/α-hetero) is 1. The predicted octanol–water partition coefficient (Wildman–Crippen LogP) is 0.850. The second-order valence-electron chi connectivity index (χ2n) is 6.33. The van der Waals surface area contributed by atoms with Gasteiger partial charge >= 0.3 is 0 Å². The van der Waals surface area contributed by atoms with Gasteiger partial charge in [0.2, 0.25) is 0 Å². The smallest absolute Gasteiger partial charge is 0.274 e. The van der Waals surface area contributed by atoms with Crippen molar-refractivity contribution in [1.29, 1.82) is 0 Å². The van der Waals surface area contributed by atoms with Gasteiger partial charge in [-0.25, -0.2) is 4.98 Å². The summed E-state index contributed by atoms with van der Waals surface area (Å²) < 4.78 is 0. The minimum atomic E-state index is -0.313. The largest absolute Gasteiger partial charge is 0.335 e. The highest BCUT2D eigenvalue weighted by Gasteiger charge is 2.27. The number of hydrogen-bond acceptors (Lipinski definition) is 5. The molecule has 6 nitrogen and oxygen atoms in total. The molecule has 0 spiro atoms. The Kier molecular flexibility index (Phi) is 4.67. The molecule has 0 radical (unpaired) electrons. The number of aromatic nitrogens is 2. The van der Waals surface area contributed by atoms with Gasteiger partial charge in [-0.2, -0.15) is 0 Å². The number of nitrogens with zero attached hydrogens (tertiary/aromatic N) is 4. The maximum Gasteiger partial charge on any atom is 0.274 e. The van der Waals surface area contributed by atoms with Crippen LogP contribution in [0.15, 0.2) is 18.6 Å². The summed E-state index contributed by atoms with van der Waals surface area (Å²) in [6, 6.07) is 0. The standard InChI is InChI=1S/C15H22N4O2/c1-15(2,3)13(20)11-18-6-8-19(9-7-18)14(21)12-10-16-4-5-17-12/h4-5,10H,6-9,11H2,1-3H3. The Labute approximate surface area is 125 Å². The third kappa shape index (κ3) is 4.07. The van der Waals surface area contributed by atoms with Gasteiger partial charge in [-0.05, 0) is 0 Å². The summed E-state index contributed by atoms with van der Waals surface area (Å²) >= 11 is 0. The molecule has 0 unspecified atom stereocenters. The first-order valence-corrected chi connectivity index (χ1v) is 7.19. The van der Waals surface area contributed by atoms with Crippen molar-refractivity contribution in [2.45, 2.75) is 20.8 Å². The first kappa shape index (κ1) is 15.6. The molecule has 6 heteroatoms. The topological polar surface area (TPSA) is 66.4 Å². The van der Waals surface area contributed by atoms with Crippen molar-refractivity contribution in [3.8, 4) is 0 Å². The average Bonchev–Trinajstić information content (AvgIpc) is 2.47. The van der Waals surface area contributed by atoms with Crippen LogP contribution >= 0.6 is 0 Å². The maximum absolute atomic E-state index is 12.2. The molecule has 0 N–H and O–H groups in total. The zero-order valence-electron chi connectivity index (χ0n) is 12.9. The molecule has 21 heavy (non-hydrogen) atoms. The number of hydrogen-bond donors (Lipinski definition) is 0. The van der Waals surface area contributed by atoms with Crippen LogP contribution in [0.5, 0.6) is 0 Å². The van der Waals surface area contributed by atoms with Crippen molar-refractivity contribution in [1.82, 2.24) is 19.8 Å². The van der Waals surface area contributed by atoms with Crippen molar-refractivity contribution in [3.05, 3.63) is 24.3 Å². The average molecular weight is 290 g/mol. The lowest BCUT2D eigenvalue weighted by Crippen LogP contribution is -2.51. The number of piperazine rings is 1. The van der Waals surface area contributed by atoms with E-state index in [1.165, 1.54) is 12.4 Å². The van der Waals surface area contributed by atoms with Gasteiger partial charge in [-0.3, -0.25) is 19.5 Å². The van der Waals surface area contributed by atoms with E-state index >= 15 is 0 Å². The van der Waals surface area contributed by atoms with Crippen molar-refractivity contribution in [3.63, 3.8) is 0 Å². The van der Waals surface area contributed by atoms with Crippen LogP contribution in [0.25, 0.3) is 0 Å². The fourth-order valence-corrected chi connectivity index (χ4v) is 2.12. The van der Waals surface area contributed by atoms with Crippen LogP contribution in [-0.4, -0.2) is 64.2 Å². The molecule has 1 aromatic rings. The molecular formula is C15H22N4O2. The molecule has 0 bridgehead atoms.